The summed E-state index contributed by atoms with van der Waals surface area (Å²) in [5, 5.41) is 10.4. The summed E-state index contributed by atoms with van der Waals surface area (Å²) in [6, 6.07) is 13.0. The van der Waals surface area contributed by atoms with Crippen molar-refractivity contribution in [2.24, 2.45) is 0 Å². The zero-order valence-electron chi connectivity index (χ0n) is 13.4. The van der Waals surface area contributed by atoms with Gasteiger partial charge in [-0.15, -0.1) is 5.10 Å². The molecule has 0 unspecified atom stereocenters. The van der Waals surface area contributed by atoms with Crippen LogP contribution in [0.1, 0.15) is 0 Å². The fourth-order valence-electron chi connectivity index (χ4n) is 2.39. The molecule has 0 fully saturated rings. The Balaban J connectivity index is 1.36. The number of benzene rings is 2. The van der Waals surface area contributed by atoms with Gasteiger partial charge in [0.1, 0.15) is 0 Å². The van der Waals surface area contributed by atoms with E-state index in [1.807, 2.05) is 24.3 Å². The number of rotatable bonds is 5. The van der Waals surface area contributed by atoms with Gasteiger partial charge in [0.05, 0.1) is 5.75 Å². The molecule has 2 N–H and O–H groups in total. The zero-order valence-corrected chi connectivity index (χ0v) is 15.8. The molecule has 132 valence electrons. The lowest BCUT2D eigenvalue weighted by Gasteiger charge is -2.05. The highest BCUT2D eigenvalue weighted by Gasteiger charge is 2.15. The lowest BCUT2D eigenvalue weighted by atomic mass is 10.2. The summed E-state index contributed by atoms with van der Waals surface area (Å²) in [6.07, 6.45) is 0. The monoisotopic (exact) mass is 432 g/mol. The number of carbonyl (C=O) groups is 1. The van der Waals surface area contributed by atoms with Crippen molar-refractivity contribution in [2.75, 3.05) is 17.9 Å². The number of nitrogens with zero attached hydrogens (tertiary/aromatic N) is 2. The second-order valence-corrected chi connectivity index (χ2v) is 7.15. The number of amides is 1. The van der Waals surface area contributed by atoms with Crippen molar-refractivity contribution in [3.05, 3.63) is 46.9 Å². The zero-order chi connectivity index (χ0) is 17.9. The van der Waals surface area contributed by atoms with E-state index in [0.717, 1.165) is 10.0 Å². The van der Waals surface area contributed by atoms with Crippen LogP contribution in [0.4, 0.5) is 5.69 Å². The maximum Gasteiger partial charge on any atom is 0.234 e. The maximum atomic E-state index is 12.1. The lowest BCUT2D eigenvalue weighted by molar-refractivity contribution is -0.113. The van der Waals surface area contributed by atoms with E-state index in [9.17, 15) is 4.79 Å². The lowest BCUT2D eigenvalue weighted by Crippen LogP contribution is -2.14. The summed E-state index contributed by atoms with van der Waals surface area (Å²) in [7, 11) is 0. The normalized spacial score (nSPS) is 12.2. The summed E-state index contributed by atoms with van der Waals surface area (Å²) >= 11 is 4.74. The van der Waals surface area contributed by atoms with Gasteiger partial charge in [-0.1, -0.05) is 45.9 Å². The molecule has 1 amide bonds. The van der Waals surface area contributed by atoms with Crippen LogP contribution in [0.3, 0.4) is 0 Å². The van der Waals surface area contributed by atoms with Crippen LogP contribution in [0.25, 0.3) is 11.4 Å². The molecule has 1 aromatic heterocycles. The van der Waals surface area contributed by atoms with Crippen LogP contribution in [0.5, 0.6) is 11.5 Å². The molecular formula is C17H13BrN4O3S. The highest BCUT2D eigenvalue weighted by Crippen LogP contribution is 2.34. The highest BCUT2D eigenvalue weighted by atomic mass is 79.9. The van der Waals surface area contributed by atoms with Gasteiger partial charge in [-0.05, 0) is 18.2 Å². The molecule has 0 saturated carbocycles. The number of H-pyrrole nitrogens is 1. The first-order valence-corrected chi connectivity index (χ1v) is 9.46. The minimum absolute atomic E-state index is 0.152. The average molecular weight is 433 g/mol. The summed E-state index contributed by atoms with van der Waals surface area (Å²) in [5.41, 5.74) is 1.57. The molecule has 4 rings (SSSR count). The Morgan fingerprint density at radius 1 is 1.23 bits per heavy atom. The van der Waals surface area contributed by atoms with E-state index < -0.39 is 0 Å². The topological polar surface area (TPSA) is 89.1 Å². The minimum atomic E-state index is -0.152. The number of aromatic nitrogens is 3. The predicted molar refractivity (Wildman–Crippen MR) is 101 cm³/mol. The average Bonchev–Trinajstić information content (AvgIpc) is 3.29. The fourth-order valence-corrected chi connectivity index (χ4v) is 3.46. The van der Waals surface area contributed by atoms with Crippen molar-refractivity contribution >= 4 is 39.3 Å². The van der Waals surface area contributed by atoms with E-state index in [1.165, 1.54) is 11.8 Å². The second-order valence-electron chi connectivity index (χ2n) is 5.35. The standard InChI is InChI=1S/C17H13BrN4O3S/c18-12-4-2-1-3-11(12)16-20-17(22-21-16)26-8-15(23)19-10-5-6-13-14(7-10)25-9-24-13/h1-7H,8-9H2,(H,19,23)(H,20,21,22). The van der Waals surface area contributed by atoms with Gasteiger partial charge in [-0.25, -0.2) is 4.98 Å². The number of nitrogens with one attached hydrogen (secondary N) is 2. The molecule has 1 aliphatic rings. The van der Waals surface area contributed by atoms with Crippen molar-refractivity contribution in [1.29, 1.82) is 0 Å². The van der Waals surface area contributed by atoms with E-state index in [0.29, 0.717) is 28.2 Å². The van der Waals surface area contributed by atoms with Gasteiger partial charge in [-0.3, -0.25) is 9.89 Å². The number of aromatic amines is 1. The van der Waals surface area contributed by atoms with Gasteiger partial charge in [0.15, 0.2) is 17.3 Å². The predicted octanol–water partition coefficient (Wildman–Crippen LogP) is 3.69. The van der Waals surface area contributed by atoms with Gasteiger partial charge in [0, 0.05) is 21.8 Å². The number of carbonyl (C=O) groups excluding carboxylic acids is 1. The first-order valence-electron chi connectivity index (χ1n) is 7.68. The SMILES string of the molecule is O=C(CSc1n[nH]c(-c2ccccc2Br)n1)Nc1ccc2c(c1)OCO2. The summed E-state index contributed by atoms with van der Waals surface area (Å²) < 4.78 is 11.5. The second kappa shape index (κ2) is 7.38. The van der Waals surface area contributed by atoms with E-state index in [4.69, 9.17) is 9.47 Å². The molecule has 9 heteroatoms. The largest absolute Gasteiger partial charge is 0.454 e. The van der Waals surface area contributed by atoms with Gasteiger partial charge in [0.2, 0.25) is 17.9 Å². The van der Waals surface area contributed by atoms with E-state index in [2.05, 4.69) is 36.4 Å². The Morgan fingerprint density at radius 2 is 2.08 bits per heavy atom. The third kappa shape index (κ3) is 3.68. The molecule has 0 aliphatic carbocycles. The Morgan fingerprint density at radius 3 is 2.96 bits per heavy atom. The van der Waals surface area contributed by atoms with Crippen LogP contribution in [0.15, 0.2) is 52.1 Å². The van der Waals surface area contributed by atoms with Crippen molar-refractivity contribution < 1.29 is 14.3 Å². The molecule has 0 bridgehead atoms. The molecule has 0 spiro atoms. The number of thioether (sulfide) groups is 1. The Kier molecular flexibility index (Phi) is 4.81. The Labute approximate surface area is 161 Å². The Bertz CT molecular complexity index is 963. The van der Waals surface area contributed by atoms with E-state index >= 15 is 0 Å². The molecule has 0 atom stereocenters. The number of fused-ring (bicyclic) bond motifs is 1. The quantitative estimate of drug-likeness (QED) is 0.597. The van der Waals surface area contributed by atoms with Crippen LogP contribution >= 0.6 is 27.7 Å². The van der Waals surface area contributed by atoms with Crippen LogP contribution < -0.4 is 14.8 Å². The molecule has 2 aromatic carbocycles. The van der Waals surface area contributed by atoms with E-state index in [1.54, 1.807) is 18.2 Å². The summed E-state index contributed by atoms with van der Waals surface area (Å²) in [6.45, 7) is 0.202. The third-order valence-electron chi connectivity index (χ3n) is 3.58. The minimum Gasteiger partial charge on any atom is -0.454 e. The van der Waals surface area contributed by atoms with Crippen molar-refractivity contribution in [1.82, 2.24) is 15.2 Å². The molecule has 2 heterocycles. The van der Waals surface area contributed by atoms with Gasteiger partial charge >= 0.3 is 0 Å². The van der Waals surface area contributed by atoms with E-state index in [-0.39, 0.29) is 18.5 Å². The number of halogens is 1. The molecular weight excluding hydrogens is 420 g/mol. The first kappa shape index (κ1) is 16.9. The number of ether oxygens (including phenoxy) is 2. The van der Waals surface area contributed by atoms with Crippen molar-refractivity contribution in [2.45, 2.75) is 5.16 Å². The number of hydrogen-bond donors (Lipinski definition) is 2. The maximum absolute atomic E-state index is 12.1. The van der Waals surface area contributed by atoms with Crippen LogP contribution in [0.2, 0.25) is 0 Å². The molecule has 3 aromatic rings. The first-order chi connectivity index (χ1) is 12.7. The number of hydrogen-bond acceptors (Lipinski definition) is 6. The van der Waals surface area contributed by atoms with Crippen LogP contribution in [0, 0.1) is 0 Å². The summed E-state index contributed by atoms with van der Waals surface area (Å²) in [5.74, 6) is 2.00. The molecule has 7 nitrogen and oxygen atoms in total. The van der Waals surface area contributed by atoms with Gasteiger partial charge in [-0.2, -0.15) is 0 Å². The molecule has 0 radical (unpaired) electrons. The molecule has 26 heavy (non-hydrogen) atoms. The molecule has 0 saturated heterocycles. The summed E-state index contributed by atoms with van der Waals surface area (Å²) in [4.78, 5) is 16.6. The fraction of sp³-hybridized carbons (Fsp3) is 0.118. The third-order valence-corrected chi connectivity index (χ3v) is 5.12. The highest BCUT2D eigenvalue weighted by molar-refractivity contribution is 9.10. The van der Waals surface area contributed by atoms with Gasteiger partial charge in [0.25, 0.3) is 0 Å². The van der Waals surface area contributed by atoms with Crippen molar-refractivity contribution in [3.8, 4) is 22.9 Å². The smallest absolute Gasteiger partial charge is 0.234 e. The van der Waals surface area contributed by atoms with Gasteiger partial charge < -0.3 is 14.8 Å². The van der Waals surface area contributed by atoms with Crippen LogP contribution in [-0.4, -0.2) is 33.6 Å². The number of anilines is 1. The van der Waals surface area contributed by atoms with Crippen molar-refractivity contribution in [3.63, 3.8) is 0 Å². The Hall–Kier alpha value is -2.52. The molecule has 1 aliphatic heterocycles. The van der Waals surface area contributed by atoms with Crippen LogP contribution in [-0.2, 0) is 4.79 Å².